The van der Waals surface area contributed by atoms with Gasteiger partial charge in [0.25, 0.3) is 5.91 Å². The van der Waals surface area contributed by atoms with Crippen molar-refractivity contribution in [3.05, 3.63) is 40.6 Å². The molecule has 1 amide bonds. The molecule has 0 atom stereocenters. The highest BCUT2D eigenvalue weighted by atomic mass is 35.5. The number of benzene rings is 1. The summed E-state index contributed by atoms with van der Waals surface area (Å²) in [6.07, 6.45) is 1.44. The topological polar surface area (TPSA) is 112 Å². The molecule has 3 aromatic rings. The Kier molecular flexibility index (Phi) is 3.50. The summed E-state index contributed by atoms with van der Waals surface area (Å²) in [6, 6.07) is 5.03. The average molecular weight is 322 g/mol. The highest BCUT2D eigenvalue weighted by molar-refractivity contribution is 7.13. The van der Waals surface area contributed by atoms with E-state index < -0.39 is 5.91 Å². The average Bonchev–Trinajstić information content (AvgIpc) is 3.12. The third kappa shape index (κ3) is 2.83. The number of hydrogen-bond acceptors (Lipinski definition) is 7. The number of nitrogens with one attached hydrogen (secondary N) is 1. The number of carbonyl (C=O) groups is 1. The number of tetrazole rings is 1. The molecule has 0 aliphatic rings. The fourth-order valence-corrected chi connectivity index (χ4v) is 2.32. The van der Waals surface area contributed by atoms with Gasteiger partial charge in [0.2, 0.25) is 0 Å². The van der Waals surface area contributed by atoms with Crippen molar-refractivity contribution < 1.29 is 4.79 Å². The number of amides is 1. The molecule has 0 spiro atoms. The van der Waals surface area contributed by atoms with Crippen LogP contribution in [0.3, 0.4) is 0 Å². The highest BCUT2D eigenvalue weighted by Crippen LogP contribution is 2.25. The van der Waals surface area contributed by atoms with Crippen molar-refractivity contribution in [3.63, 3.8) is 0 Å². The van der Waals surface area contributed by atoms with E-state index in [2.05, 4.69) is 25.8 Å². The van der Waals surface area contributed by atoms with Crippen molar-refractivity contribution >= 4 is 39.7 Å². The normalized spacial score (nSPS) is 10.5. The Bertz CT molecular complexity index is 786. The number of nitrogen functional groups attached to an aromatic ring is 1. The highest BCUT2D eigenvalue weighted by Gasteiger charge is 2.12. The minimum Gasteiger partial charge on any atom is -0.375 e. The van der Waals surface area contributed by atoms with Crippen LogP contribution >= 0.6 is 22.9 Å². The summed E-state index contributed by atoms with van der Waals surface area (Å²) in [7, 11) is 0. The van der Waals surface area contributed by atoms with Crippen LogP contribution in [0.1, 0.15) is 10.5 Å². The summed E-state index contributed by atoms with van der Waals surface area (Å²) in [4.78, 5) is 16.0. The number of halogens is 1. The predicted octanol–water partition coefficient (Wildman–Crippen LogP) is 1.61. The molecule has 0 aliphatic heterocycles. The Balaban J connectivity index is 1.88. The third-order valence-electron chi connectivity index (χ3n) is 2.57. The lowest BCUT2D eigenvalue weighted by atomic mass is 10.2. The minimum absolute atomic E-state index is 0.237. The van der Waals surface area contributed by atoms with E-state index in [0.717, 1.165) is 0 Å². The van der Waals surface area contributed by atoms with Gasteiger partial charge in [-0.05, 0) is 28.6 Å². The van der Waals surface area contributed by atoms with Gasteiger partial charge in [-0.3, -0.25) is 4.79 Å². The molecule has 3 rings (SSSR count). The van der Waals surface area contributed by atoms with Crippen LogP contribution in [0.4, 0.5) is 10.8 Å². The molecule has 2 aromatic heterocycles. The summed E-state index contributed by atoms with van der Waals surface area (Å²) in [5.41, 5.74) is 6.84. The standard InChI is InChI=1S/C11H8ClN7OS/c12-7-2-1-6(19-5-14-17-18-19)3-8(7)15-10(20)9-4-21-11(13)16-9/h1-5H,(H2,13,16)(H,15,20). The van der Waals surface area contributed by atoms with E-state index in [0.29, 0.717) is 21.5 Å². The van der Waals surface area contributed by atoms with Gasteiger partial charge in [-0.1, -0.05) is 11.6 Å². The zero-order valence-corrected chi connectivity index (χ0v) is 12.0. The molecule has 8 nitrogen and oxygen atoms in total. The van der Waals surface area contributed by atoms with Crippen LogP contribution in [0.5, 0.6) is 0 Å². The number of nitrogens with two attached hydrogens (primary N) is 1. The minimum atomic E-state index is -0.390. The molecule has 0 saturated heterocycles. The zero-order chi connectivity index (χ0) is 14.8. The van der Waals surface area contributed by atoms with E-state index in [9.17, 15) is 4.79 Å². The lowest BCUT2D eigenvalue weighted by Crippen LogP contribution is -2.13. The lowest BCUT2D eigenvalue weighted by molar-refractivity contribution is 0.102. The molecule has 0 radical (unpaired) electrons. The molecule has 0 saturated carbocycles. The predicted molar refractivity (Wildman–Crippen MR) is 78.6 cm³/mol. The van der Waals surface area contributed by atoms with Crippen molar-refractivity contribution in [3.8, 4) is 5.69 Å². The van der Waals surface area contributed by atoms with Gasteiger partial charge in [-0.25, -0.2) is 9.67 Å². The second-order valence-corrected chi connectivity index (χ2v) is 5.24. The Morgan fingerprint density at radius 3 is 2.95 bits per heavy atom. The first-order chi connectivity index (χ1) is 10.1. The molecule has 0 bridgehead atoms. The van der Waals surface area contributed by atoms with Crippen LogP contribution in [0, 0.1) is 0 Å². The number of rotatable bonds is 3. The van der Waals surface area contributed by atoms with Gasteiger partial charge >= 0.3 is 0 Å². The second-order valence-electron chi connectivity index (χ2n) is 3.94. The number of aromatic nitrogens is 5. The van der Waals surface area contributed by atoms with Crippen molar-refractivity contribution in [2.24, 2.45) is 0 Å². The number of thiazole rings is 1. The molecule has 3 N–H and O–H groups in total. The number of hydrogen-bond donors (Lipinski definition) is 2. The second kappa shape index (κ2) is 5.46. The van der Waals surface area contributed by atoms with Crippen LogP contribution in [-0.2, 0) is 0 Å². The van der Waals surface area contributed by atoms with Crippen molar-refractivity contribution in [1.29, 1.82) is 0 Å². The Labute approximate surface area is 127 Å². The SMILES string of the molecule is Nc1nc(C(=O)Nc2cc(-n3cnnn3)ccc2Cl)cs1. The van der Waals surface area contributed by atoms with Gasteiger partial charge in [-0.15, -0.1) is 16.4 Å². The largest absolute Gasteiger partial charge is 0.375 e. The van der Waals surface area contributed by atoms with Crippen LogP contribution in [-0.4, -0.2) is 31.1 Å². The van der Waals surface area contributed by atoms with Crippen molar-refractivity contribution in [2.45, 2.75) is 0 Å². The van der Waals surface area contributed by atoms with Crippen molar-refractivity contribution in [1.82, 2.24) is 25.2 Å². The summed E-state index contributed by atoms with van der Waals surface area (Å²) >= 11 is 7.27. The fourth-order valence-electron chi connectivity index (χ4n) is 1.61. The van der Waals surface area contributed by atoms with Gasteiger partial charge in [0.15, 0.2) is 5.13 Å². The van der Waals surface area contributed by atoms with Crippen molar-refractivity contribution in [2.75, 3.05) is 11.1 Å². The van der Waals surface area contributed by atoms with Gasteiger partial charge in [-0.2, -0.15) is 0 Å². The molecule has 21 heavy (non-hydrogen) atoms. The molecule has 2 heterocycles. The van der Waals surface area contributed by atoms with E-state index in [-0.39, 0.29) is 5.69 Å². The maximum Gasteiger partial charge on any atom is 0.275 e. The third-order valence-corrected chi connectivity index (χ3v) is 3.57. The van der Waals surface area contributed by atoms with Gasteiger partial charge in [0, 0.05) is 5.38 Å². The molecule has 0 fully saturated rings. The van der Waals surface area contributed by atoms with Crippen LogP contribution in [0.2, 0.25) is 5.02 Å². The van der Waals surface area contributed by atoms with Crippen LogP contribution in [0.15, 0.2) is 29.9 Å². The molecule has 106 valence electrons. The summed E-state index contributed by atoms with van der Waals surface area (Å²) in [5, 5.41) is 15.8. The van der Waals surface area contributed by atoms with E-state index in [1.54, 1.807) is 23.6 Å². The number of nitrogens with zero attached hydrogens (tertiary/aromatic N) is 5. The number of anilines is 2. The van der Waals surface area contributed by atoms with E-state index in [1.165, 1.54) is 22.3 Å². The monoisotopic (exact) mass is 321 g/mol. The summed E-state index contributed by atoms with van der Waals surface area (Å²) in [5.74, 6) is -0.390. The Morgan fingerprint density at radius 2 is 2.29 bits per heavy atom. The number of carbonyl (C=O) groups excluding carboxylic acids is 1. The first-order valence-corrected chi connectivity index (χ1v) is 6.94. The molecule has 0 unspecified atom stereocenters. The Morgan fingerprint density at radius 1 is 1.43 bits per heavy atom. The molecular weight excluding hydrogens is 314 g/mol. The molecular formula is C11H8ClN7OS. The molecule has 10 heteroatoms. The van der Waals surface area contributed by atoms with Crippen LogP contribution in [0.25, 0.3) is 5.69 Å². The van der Waals surface area contributed by atoms with E-state index >= 15 is 0 Å². The summed E-state index contributed by atoms with van der Waals surface area (Å²) in [6.45, 7) is 0. The van der Waals surface area contributed by atoms with E-state index in [1.807, 2.05) is 0 Å². The lowest BCUT2D eigenvalue weighted by Gasteiger charge is -2.08. The maximum atomic E-state index is 12.0. The summed E-state index contributed by atoms with van der Waals surface area (Å²) < 4.78 is 1.45. The zero-order valence-electron chi connectivity index (χ0n) is 10.4. The van der Waals surface area contributed by atoms with Gasteiger partial charge in [0.1, 0.15) is 12.0 Å². The van der Waals surface area contributed by atoms with E-state index in [4.69, 9.17) is 17.3 Å². The molecule has 1 aromatic carbocycles. The first kappa shape index (κ1) is 13.5. The molecule has 0 aliphatic carbocycles. The first-order valence-electron chi connectivity index (χ1n) is 5.69. The quantitative estimate of drug-likeness (QED) is 0.758. The smallest absolute Gasteiger partial charge is 0.275 e. The van der Waals surface area contributed by atoms with Gasteiger partial charge in [0.05, 0.1) is 16.4 Å². The fraction of sp³-hybridized carbons (Fsp3) is 0. The van der Waals surface area contributed by atoms with Gasteiger partial charge < -0.3 is 11.1 Å². The maximum absolute atomic E-state index is 12.0. The Hall–Kier alpha value is -2.52. The van der Waals surface area contributed by atoms with Crippen LogP contribution < -0.4 is 11.1 Å².